The Kier molecular flexibility index (Phi) is 40.2. The first-order valence-corrected chi connectivity index (χ1v) is 41.9. The number of anilines is 9. The summed E-state index contributed by atoms with van der Waals surface area (Å²) in [5.41, 5.74) is 6.24. The van der Waals surface area contributed by atoms with Crippen LogP contribution in [0.5, 0.6) is 11.5 Å². The van der Waals surface area contributed by atoms with Gasteiger partial charge in [0.2, 0.25) is 0 Å². The summed E-state index contributed by atoms with van der Waals surface area (Å²) in [4.78, 5) is 179. The molecule has 40 nitrogen and oxygen atoms in total. The van der Waals surface area contributed by atoms with Crippen molar-refractivity contribution in [2.24, 2.45) is 0 Å². The van der Waals surface area contributed by atoms with Crippen LogP contribution in [0.4, 0.5) is 135 Å². The van der Waals surface area contributed by atoms with E-state index in [0.717, 1.165) is 72.9 Å². The monoisotopic (exact) mass is 2080 g/mol. The summed E-state index contributed by atoms with van der Waals surface area (Å²) >= 11 is 10.4. The van der Waals surface area contributed by atoms with Gasteiger partial charge >= 0.3 is 65.1 Å². The minimum Gasteiger partial charge on any atom is -0.465 e. The van der Waals surface area contributed by atoms with Crippen LogP contribution in [0.25, 0.3) is 33.2 Å². The third-order valence-corrected chi connectivity index (χ3v) is 17.9. The van der Waals surface area contributed by atoms with E-state index in [1.165, 1.54) is 97.1 Å². The number of ether oxygens (including phenoxy) is 8. The number of amides is 6. The van der Waals surface area contributed by atoms with Crippen molar-refractivity contribution < 1.29 is 135 Å². The number of nitro benzene ring substituents is 2. The highest BCUT2D eigenvalue weighted by molar-refractivity contribution is 6.61. The lowest BCUT2D eigenvalue weighted by atomic mass is 10.1. The molecule has 0 fully saturated rings. The Morgan fingerprint density at radius 3 is 1.00 bits per heavy atom. The Morgan fingerprint density at radius 1 is 0.363 bits per heavy atom. The molecule has 0 aliphatic rings. The molecule has 0 unspecified atom stereocenters. The van der Waals surface area contributed by atoms with Crippen LogP contribution in [0.3, 0.4) is 0 Å². The fourth-order valence-corrected chi connectivity index (χ4v) is 11.5. The van der Waals surface area contributed by atoms with E-state index in [9.17, 15) is 126 Å². The molecule has 0 saturated heterocycles. The number of aromatic nitrogens is 4. The molecule has 768 valence electrons. The zero-order valence-corrected chi connectivity index (χ0v) is 79.3. The van der Waals surface area contributed by atoms with Crippen LogP contribution in [-0.4, -0.2) is 121 Å². The minimum atomic E-state index is -1.30. The molecule has 2 aromatic heterocycles. The van der Waals surface area contributed by atoms with Gasteiger partial charge in [-0.15, -0.1) is 0 Å². The van der Waals surface area contributed by atoms with Crippen LogP contribution in [0.1, 0.15) is 93.4 Å². The molecule has 13 N–H and O–H groups in total. The Balaban J connectivity index is 0.000000236. The zero-order valence-electron chi connectivity index (χ0n) is 77.8. The minimum absolute atomic E-state index is 0.0368. The largest absolute Gasteiger partial charge is 0.465 e. The smallest absolute Gasteiger partial charge is 0.417 e. The van der Waals surface area contributed by atoms with E-state index >= 15 is 0 Å². The van der Waals surface area contributed by atoms with E-state index in [2.05, 4.69) is 65.7 Å². The number of non-ortho nitro benzene ring substituents is 2. The second-order valence-electron chi connectivity index (χ2n) is 31.9. The Bertz CT molecular complexity index is 7300. The molecule has 6 amide bonds. The number of carbonyl (C=O) groups excluding carboxylic acids is 9. The summed E-state index contributed by atoms with van der Waals surface area (Å²) in [6.45, 7) is 15.8. The summed E-state index contributed by atoms with van der Waals surface area (Å²) in [5.74, 6) is -14.6. The molecule has 0 aliphatic carbocycles. The number of nitrogen functional groups attached to an aromatic ring is 2. The van der Waals surface area contributed by atoms with Gasteiger partial charge in [-0.1, -0.05) is 0 Å². The highest BCUT2D eigenvalue weighted by Crippen LogP contribution is 2.29. The molecular formula is C94H83Cl2F10N15O25. The zero-order chi connectivity index (χ0) is 109. The number of rotatable bonds is 16. The molecule has 13 aromatic rings. The van der Waals surface area contributed by atoms with Crippen molar-refractivity contribution in [3.05, 3.63) is 343 Å². The van der Waals surface area contributed by atoms with Crippen LogP contribution in [0.2, 0.25) is 0 Å². The first kappa shape index (κ1) is 115. The van der Waals surface area contributed by atoms with Crippen molar-refractivity contribution in [3.8, 4) is 22.9 Å². The highest BCUT2D eigenvalue weighted by Gasteiger charge is 2.26. The molecule has 2 heterocycles. The fraction of sp³-hybridized carbons (Fsp3) is 0.160. The lowest BCUT2D eigenvalue weighted by molar-refractivity contribution is -0.385. The SMILES string of the molecule is CC(C)(C)OC(=O)Nc1ccc(-n2c(=O)[nH]c3cc(F)c(F)cc3c2=O)cc1.CC(C)(C)OC(=O)Nc1ccc(N)cc1.COC(=O)c1cc(F)c(F)cc1N.COC(=O)c1cc(F)c(F)cc1NC(=O)Nc1ccc(NC(=O)OC(C)(C)C)cc1.COC(=O)c1cc(F)c(F)cc1NC(=O)Oc1ccc([N+](=O)[O-])cc1.O=C(Cl)Oc1ccc([N+](=O)[O-])cc1.O=c1[nH]c2cc(F)c(F)cc2c(=O)n1-c1ccc(NCl)cc1. The fourth-order valence-electron chi connectivity index (χ4n) is 11.3. The normalized spacial score (nSPS) is 10.6. The molecule has 0 saturated carbocycles. The van der Waals surface area contributed by atoms with Gasteiger partial charge in [0.05, 0.1) is 92.4 Å². The molecule has 13 rings (SSSR count). The lowest BCUT2D eigenvalue weighted by Gasteiger charge is -2.19. The van der Waals surface area contributed by atoms with Crippen molar-refractivity contribution in [3.63, 3.8) is 0 Å². The molecule has 0 aliphatic heterocycles. The summed E-state index contributed by atoms with van der Waals surface area (Å²) in [7, 11) is 3.23. The summed E-state index contributed by atoms with van der Waals surface area (Å²) in [6, 6.07) is 40.5. The molecule has 0 radical (unpaired) electrons. The van der Waals surface area contributed by atoms with Gasteiger partial charge in [0.1, 0.15) is 28.3 Å². The van der Waals surface area contributed by atoms with Crippen molar-refractivity contribution in [2.75, 3.05) is 69.5 Å². The van der Waals surface area contributed by atoms with E-state index in [1.807, 2.05) is 20.8 Å². The molecule has 52 heteroatoms. The van der Waals surface area contributed by atoms with Gasteiger partial charge in [0.25, 0.3) is 22.5 Å². The molecule has 146 heavy (non-hydrogen) atoms. The van der Waals surface area contributed by atoms with Gasteiger partial charge in [0.15, 0.2) is 58.2 Å². The van der Waals surface area contributed by atoms with E-state index < -0.39 is 167 Å². The average molecular weight is 2080 g/mol. The number of hydrogen-bond acceptors (Lipinski definition) is 28. The molecule has 0 atom stereocenters. The summed E-state index contributed by atoms with van der Waals surface area (Å²) < 4.78 is 172. The predicted octanol–water partition coefficient (Wildman–Crippen LogP) is 20.1. The number of carbonyl (C=O) groups is 9. The van der Waals surface area contributed by atoms with Crippen molar-refractivity contribution in [1.82, 2.24) is 19.1 Å². The number of halogens is 12. The number of hydrogen-bond donors (Lipinski definition) is 11. The Hall–Kier alpha value is -18.4. The van der Waals surface area contributed by atoms with Crippen LogP contribution >= 0.6 is 23.4 Å². The molecule has 11 aromatic carbocycles. The van der Waals surface area contributed by atoms with E-state index in [0.29, 0.717) is 64.5 Å². The number of fused-ring (bicyclic) bond motifs is 2. The second kappa shape index (κ2) is 51.2. The van der Waals surface area contributed by atoms with Gasteiger partial charge in [-0.3, -0.25) is 55.9 Å². The quantitative estimate of drug-likeness (QED) is 0.00625. The summed E-state index contributed by atoms with van der Waals surface area (Å²) in [6.07, 6.45) is -2.87. The topological polar surface area (TPSA) is 560 Å². The van der Waals surface area contributed by atoms with E-state index in [4.69, 9.17) is 53.8 Å². The van der Waals surface area contributed by atoms with E-state index in [-0.39, 0.29) is 84.2 Å². The van der Waals surface area contributed by atoms with E-state index in [1.54, 1.807) is 77.9 Å². The van der Waals surface area contributed by atoms with Crippen LogP contribution in [-0.2, 0) is 28.4 Å². The van der Waals surface area contributed by atoms with Gasteiger partial charge in [-0.25, -0.2) is 106 Å². The third-order valence-electron chi connectivity index (χ3n) is 17.6. The number of nitrogens with two attached hydrogens (primary N) is 2. The third kappa shape index (κ3) is 34.8. The molecule has 0 spiro atoms. The number of benzene rings is 11. The van der Waals surface area contributed by atoms with Gasteiger partial charge < -0.3 is 70.0 Å². The predicted molar refractivity (Wildman–Crippen MR) is 514 cm³/mol. The summed E-state index contributed by atoms with van der Waals surface area (Å²) in [5, 5.41) is 34.9. The molecular weight excluding hydrogens is 2000 g/mol. The maximum absolute atomic E-state index is 13.5. The van der Waals surface area contributed by atoms with Crippen LogP contribution < -0.4 is 80.2 Å². The number of esters is 3. The van der Waals surface area contributed by atoms with Gasteiger partial charge in [-0.05, 0) is 214 Å². The van der Waals surface area contributed by atoms with Crippen molar-refractivity contribution in [1.29, 1.82) is 0 Å². The van der Waals surface area contributed by atoms with Gasteiger partial charge in [0, 0.05) is 118 Å². The first-order valence-electron chi connectivity index (χ1n) is 41.1. The average Bonchev–Trinajstić information content (AvgIpc) is 0.770. The number of nitrogens with one attached hydrogen (secondary N) is 9. The highest BCUT2D eigenvalue weighted by atomic mass is 35.5. The van der Waals surface area contributed by atoms with Crippen molar-refractivity contribution >= 4 is 161 Å². The number of nitrogens with zero attached hydrogens (tertiary/aromatic N) is 4. The first-order chi connectivity index (χ1) is 68.4. The lowest BCUT2D eigenvalue weighted by Crippen LogP contribution is -2.33. The maximum Gasteiger partial charge on any atom is 0.417 e. The number of nitro groups is 2. The Labute approximate surface area is 826 Å². The van der Waals surface area contributed by atoms with Crippen LogP contribution in [0.15, 0.2) is 225 Å². The number of aromatic amines is 2. The van der Waals surface area contributed by atoms with Crippen molar-refractivity contribution in [2.45, 2.75) is 79.1 Å². The maximum atomic E-state index is 13.5. The standard InChI is InChI=1S/C20H21F2N3O5.C19H17F2N3O4.C15H10F2N2O6.C14H8ClF2N3O2.C11H16N2O2.C8H7F2NO2.C7H4ClNO4/c1-20(2,3)30-19(28)24-12-7-5-11(6-8-12)23-18(27)25-16-10-15(22)14(21)9-13(16)17(26)29-4;1-19(2,3)28-18(27)22-10-4-6-11(7-5-10)24-16(25)12-8-13(20)14(21)9-15(12)23-17(24)26;1-24-14(20)10-6-11(16)12(17)7-13(10)18-15(21)25-9-4-2-8(3-5-9)19(22)23;15-19-7-1-3-8(4-2-7)20-13(21)9-5-10(16)11(17)6-12(9)18-14(20)22;1-11(2,3)15-10(14)13-9-6-4-8(12)5-7-9;1-13-8(12)4-2-5(9)6(10)3-7(4)11;8-7(10)13-6-3-1-5(2-4-6)9(11)12/h5-10H,1-4H3,(H,24,28)(H2,23,25,27);4-9H,1-3H3,(H,22,27)(H,23,26);2-7H,1H3,(H,18,21);1-6,19H,(H,18,22);4-7H,12H2,1-3H3,(H,13,14);2-3H,11H2,1H3;1-4H. The molecule has 0 bridgehead atoms. The number of H-pyrrole nitrogens is 2. The van der Waals surface area contributed by atoms with Crippen LogP contribution in [0, 0.1) is 78.4 Å². The number of methoxy groups -OCH3 is 3. The van der Waals surface area contributed by atoms with Gasteiger partial charge in [-0.2, -0.15) is 0 Å². The number of urea groups is 1. The second-order valence-corrected chi connectivity index (χ2v) is 32.4. The Morgan fingerprint density at radius 2 is 0.658 bits per heavy atom.